The smallest absolute Gasteiger partial charge is 0.153 e. The molecule has 0 aliphatic carbocycles. The van der Waals surface area contributed by atoms with Crippen LogP contribution in [0.15, 0.2) is 54.7 Å². The van der Waals surface area contributed by atoms with Gasteiger partial charge >= 0.3 is 0 Å². The second-order valence-electron chi connectivity index (χ2n) is 4.78. The van der Waals surface area contributed by atoms with E-state index in [9.17, 15) is 0 Å². The standard InChI is InChI=1S/C17H18N4O/c1-2-22-15-8-6-13(7-9-15)16-11-14(12-18)20-21(16)17-5-3-4-10-19-17/h3-11H,2,12,18H2,1H3. The summed E-state index contributed by atoms with van der Waals surface area (Å²) in [6.07, 6.45) is 1.75. The van der Waals surface area contributed by atoms with Crippen molar-refractivity contribution in [3.05, 3.63) is 60.4 Å². The Hall–Kier alpha value is -2.66. The van der Waals surface area contributed by atoms with E-state index in [1.165, 1.54) is 0 Å². The van der Waals surface area contributed by atoms with Crippen LogP contribution in [0, 0.1) is 0 Å². The molecule has 0 atom stereocenters. The number of hydrogen-bond acceptors (Lipinski definition) is 4. The first-order chi connectivity index (χ1) is 10.8. The van der Waals surface area contributed by atoms with E-state index in [1.807, 2.05) is 60.1 Å². The highest BCUT2D eigenvalue weighted by Gasteiger charge is 2.11. The minimum atomic E-state index is 0.393. The van der Waals surface area contributed by atoms with Crippen molar-refractivity contribution in [2.24, 2.45) is 5.73 Å². The van der Waals surface area contributed by atoms with Gasteiger partial charge in [0.15, 0.2) is 5.82 Å². The molecule has 1 aromatic carbocycles. The molecule has 0 saturated carbocycles. The van der Waals surface area contributed by atoms with Crippen molar-refractivity contribution in [3.63, 3.8) is 0 Å². The Balaban J connectivity index is 2.04. The molecule has 2 aromatic heterocycles. The zero-order chi connectivity index (χ0) is 15.4. The Morgan fingerprint density at radius 2 is 1.95 bits per heavy atom. The highest BCUT2D eigenvalue weighted by Crippen LogP contribution is 2.25. The topological polar surface area (TPSA) is 66.0 Å². The summed E-state index contributed by atoms with van der Waals surface area (Å²) in [6.45, 7) is 3.02. The van der Waals surface area contributed by atoms with Gasteiger partial charge in [-0.2, -0.15) is 5.10 Å². The first-order valence-corrected chi connectivity index (χ1v) is 7.25. The number of ether oxygens (including phenoxy) is 1. The Labute approximate surface area is 129 Å². The molecule has 3 rings (SSSR count). The van der Waals surface area contributed by atoms with Crippen LogP contribution in [0.2, 0.25) is 0 Å². The van der Waals surface area contributed by atoms with Gasteiger partial charge in [-0.15, -0.1) is 0 Å². The predicted molar refractivity (Wildman–Crippen MR) is 85.9 cm³/mol. The van der Waals surface area contributed by atoms with E-state index in [4.69, 9.17) is 10.5 Å². The van der Waals surface area contributed by atoms with Crippen LogP contribution < -0.4 is 10.5 Å². The zero-order valence-electron chi connectivity index (χ0n) is 12.4. The number of pyridine rings is 1. The molecule has 22 heavy (non-hydrogen) atoms. The summed E-state index contributed by atoms with van der Waals surface area (Å²) >= 11 is 0. The van der Waals surface area contributed by atoms with Gasteiger partial charge in [-0.3, -0.25) is 0 Å². The molecule has 112 valence electrons. The van der Waals surface area contributed by atoms with Crippen LogP contribution in [0.5, 0.6) is 5.75 Å². The minimum Gasteiger partial charge on any atom is -0.494 e. The van der Waals surface area contributed by atoms with E-state index >= 15 is 0 Å². The maximum atomic E-state index is 5.74. The van der Waals surface area contributed by atoms with Gasteiger partial charge in [0, 0.05) is 18.3 Å². The highest BCUT2D eigenvalue weighted by atomic mass is 16.5. The fraction of sp³-hybridized carbons (Fsp3) is 0.176. The van der Waals surface area contributed by atoms with Gasteiger partial charge in [-0.25, -0.2) is 9.67 Å². The molecule has 0 amide bonds. The maximum Gasteiger partial charge on any atom is 0.153 e. The summed E-state index contributed by atoms with van der Waals surface area (Å²) in [7, 11) is 0. The summed E-state index contributed by atoms with van der Waals surface area (Å²) in [5, 5.41) is 4.53. The van der Waals surface area contributed by atoms with Crippen molar-refractivity contribution in [3.8, 4) is 22.8 Å². The highest BCUT2D eigenvalue weighted by molar-refractivity contribution is 5.63. The van der Waals surface area contributed by atoms with Gasteiger partial charge in [-0.1, -0.05) is 6.07 Å². The van der Waals surface area contributed by atoms with Crippen molar-refractivity contribution < 1.29 is 4.74 Å². The number of rotatable bonds is 5. The lowest BCUT2D eigenvalue weighted by molar-refractivity contribution is 0.340. The van der Waals surface area contributed by atoms with E-state index in [0.29, 0.717) is 13.2 Å². The summed E-state index contributed by atoms with van der Waals surface area (Å²) in [5.41, 5.74) is 8.57. The molecule has 0 saturated heterocycles. The van der Waals surface area contributed by atoms with E-state index in [1.54, 1.807) is 6.20 Å². The Kier molecular flexibility index (Phi) is 4.16. The Morgan fingerprint density at radius 3 is 2.59 bits per heavy atom. The van der Waals surface area contributed by atoms with Crippen molar-refractivity contribution in [1.29, 1.82) is 0 Å². The van der Waals surface area contributed by atoms with Crippen molar-refractivity contribution in [2.75, 3.05) is 6.61 Å². The third kappa shape index (κ3) is 2.84. The molecule has 3 aromatic rings. The largest absolute Gasteiger partial charge is 0.494 e. The molecule has 0 unspecified atom stereocenters. The first-order valence-electron chi connectivity index (χ1n) is 7.25. The summed E-state index contributed by atoms with van der Waals surface area (Å²) in [4.78, 5) is 4.36. The van der Waals surface area contributed by atoms with Crippen LogP contribution in [0.4, 0.5) is 0 Å². The molecular formula is C17H18N4O. The van der Waals surface area contributed by atoms with Crippen molar-refractivity contribution >= 4 is 0 Å². The molecule has 5 heteroatoms. The van der Waals surface area contributed by atoms with E-state index in [0.717, 1.165) is 28.5 Å². The Bertz CT molecular complexity index is 735. The molecule has 0 aliphatic rings. The summed E-state index contributed by atoms with van der Waals surface area (Å²) in [6, 6.07) is 15.7. The molecule has 0 fully saturated rings. The lowest BCUT2D eigenvalue weighted by atomic mass is 10.1. The third-order valence-corrected chi connectivity index (χ3v) is 3.30. The van der Waals surface area contributed by atoms with Gasteiger partial charge in [0.2, 0.25) is 0 Å². The van der Waals surface area contributed by atoms with Gasteiger partial charge < -0.3 is 10.5 Å². The molecule has 2 N–H and O–H groups in total. The summed E-state index contributed by atoms with van der Waals surface area (Å²) in [5.74, 6) is 1.63. The van der Waals surface area contributed by atoms with Crippen LogP contribution in [0.25, 0.3) is 17.1 Å². The van der Waals surface area contributed by atoms with Gasteiger partial charge in [0.25, 0.3) is 0 Å². The molecule has 5 nitrogen and oxygen atoms in total. The second-order valence-corrected chi connectivity index (χ2v) is 4.78. The number of benzene rings is 1. The summed E-state index contributed by atoms with van der Waals surface area (Å²) < 4.78 is 7.30. The number of nitrogens with zero attached hydrogens (tertiary/aromatic N) is 3. The Morgan fingerprint density at radius 1 is 1.14 bits per heavy atom. The van der Waals surface area contributed by atoms with Crippen LogP contribution >= 0.6 is 0 Å². The average molecular weight is 294 g/mol. The predicted octanol–water partition coefficient (Wildman–Crippen LogP) is 2.79. The normalized spacial score (nSPS) is 10.6. The van der Waals surface area contributed by atoms with E-state index in [2.05, 4.69) is 10.1 Å². The number of nitrogens with two attached hydrogens (primary N) is 1. The molecule has 2 heterocycles. The van der Waals surface area contributed by atoms with E-state index in [-0.39, 0.29) is 0 Å². The van der Waals surface area contributed by atoms with Crippen molar-refractivity contribution in [2.45, 2.75) is 13.5 Å². The molecule has 0 radical (unpaired) electrons. The maximum absolute atomic E-state index is 5.74. The fourth-order valence-corrected chi connectivity index (χ4v) is 2.28. The average Bonchev–Trinajstić information content (AvgIpc) is 3.01. The molecule has 0 bridgehead atoms. The molecule has 0 spiro atoms. The molecule has 0 aliphatic heterocycles. The first kappa shape index (κ1) is 14.3. The van der Waals surface area contributed by atoms with Gasteiger partial charge in [0.05, 0.1) is 18.0 Å². The van der Waals surface area contributed by atoms with Gasteiger partial charge in [0.1, 0.15) is 5.75 Å². The quantitative estimate of drug-likeness (QED) is 0.786. The SMILES string of the molecule is CCOc1ccc(-c2cc(CN)nn2-c2ccccn2)cc1. The second kappa shape index (κ2) is 6.41. The number of hydrogen-bond donors (Lipinski definition) is 1. The van der Waals surface area contributed by atoms with Crippen LogP contribution in [0.1, 0.15) is 12.6 Å². The lowest BCUT2D eigenvalue weighted by Crippen LogP contribution is -2.03. The lowest BCUT2D eigenvalue weighted by Gasteiger charge is -2.08. The van der Waals surface area contributed by atoms with Crippen LogP contribution in [0.3, 0.4) is 0 Å². The van der Waals surface area contributed by atoms with Crippen LogP contribution in [-0.4, -0.2) is 21.4 Å². The third-order valence-electron chi connectivity index (χ3n) is 3.30. The fourth-order valence-electron chi connectivity index (χ4n) is 2.28. The van der Waals surface area contributed by atoms with E-state index < -0.39 is 0 Å². The van der Waals surface area contributed by atoms with Crippen molar-refractivity contribution in [1.82, 2.24) is 14.8 Å². The zero-order valence-corrected chi connectivity index (χ0v) is 12.4. The van der Waals surface area contributed by atoms with Gasteiger partial charge in [-0.05, 0) is 49.4 Å². The molecular weight excluding hydrogens is 276 g/mol. The minimum absolute atomic E-state index is 0.393. The number of aromatic nitrogens is 3. The van der Waals surface area contributed by atoms with Crippen LogP contribution in [-0.2, 0) is 6.54 Å². The monoisotopic (exact) mass is 294 g/mol.